The quantitative estimate of drug-likeness (QED) is 0.0232. The van der Waals surface area contributed by atoms with Crippen molar-refractivity contribution in [2.24, 2.45) is 5.84 Å². The number of hydrogen-bond acceptors (Lipinski definition) is 11. The molecule has 20 heteroatoms. The predicted octanol–water partition coefficient (Wildman–Crippen LogP) is -1.41. The van der Waals surface area contributed by atoms with Gasteiger partial charge < -0.3 is 25.7 Å². The number of fused-ring (bicyclic) bond motifs is 2. The molecule has 0 saturated carbocycles. The number of hydrogen-bond donors (Lipinski definition) is 9. The maximum atomic E-state index is 13.0. The first-order chi connectivity index (χ1) is 21.4. The van der Waals surface area contributed by atoms with Gasteiger partial charge in [-0.15, -0.1) is 0 Å². The lowest BCUT2D eigenvalue weighted by atomic mass is 9.89. The number of benzene rings is 3. The number of aromatic carboxylic acids is 1. The number of carbonyl (C=O) groups excluding carboxylic acids is 2. The van der Waals surface area contributed by atoms with E-state index < -0.39 is 94.2 Å². The highest BCUT2D eigenvalue weighted by atomic mass is 32.2. The van der Waals surface area contributed by atoms with E-state index in [0.717, 1.165) is 30.3 Å². The molecule has 0 saturated heterocycles. The molecular weight excluding hydrogens is 654 g/mol. The first kappa shape index (κ1) is 33.5. The smallest absolute Gasteiger partial charge is 0.336 e. The fourth-order valence-electron chi connectivity index (χ4n) is 4.78. The van der Waals surface area contributed by atoms with Gasteiger partial charge in [0, 0.05) is 34.6 Å². The summed E-state index contributed by atoms with van der Waals surface area (Å²) < 4.78 is 74.9. The van der Waals surface area contributed by atoms with Crippen LogP contribution in [0.1, 0.15) is 33.6 Å². The van der Waals surface area contributed by atoms with Gasteiger partial charge in [0.1, 0.15) is 6.04 Å². The van der Waals surface area contributed by atoms with Gasteiger partial charge in [0.05, 0.1) is 11.3 Å². The Morgan fingerprint density at radius 1 is 0.913 bits per heavy atom. The standard InChI is InChI=1S/C26H23N5O13S2/c27-15-5-3-12-19(13-4-6-16(28)23(46(41,42)43)21(13)44-20(12)22(15)45(38,39)40)11-2-1-10(9-14(11)26(36)37)24(34)30-17(25(35)31-29)7-8-18(32)33/h1-6,9,17,27H,7-8,28-29H2,(H,30,34)(H,31,35)(H,32,33)(H,36,37)(H,38,39,40)(H,41,42,43)/p+1. The second kappa shape index (κ2) is 12.2. The Balaban J connectivity index is 2.06. The minimum absolute atomic E-state index is 0.197. The maximum Gasteiger partial charge on any atom is 0.336 e. The molecule has 1 unspecified atom stereocenters. The molecule has 2 amide bonds. The number of anilines is 1. The zero-order valence-corrected chi connectivity index (χ0v) is 24.7. The Morgan fingerprint density at radius 2 is 1.54 bits per heavy atom. The van der Waals surface area contributed by atoms with E-state index in [1.807, 2.05) is 0 Å². The normalized spacial score (nSPS) is 12.5. The van der Waals surface area contributed by atoms with Crippen LogP contribution < -0.4 is 33.1 Å². The summed E-state index contributed by atoms with van der Waals surface area (Å²) in [6, 6.07) is 6.19. The van der Waals surface area contributed by atoms with Crippen molar-refractivity contribution in [1.29, 1.82) is 0 Å². The van der Waals surface area contributed by atoms with E-state index in [1.54, 1.807) is 5.43 Å². The van der Waals surface area contributed by atoms with Gasteiger partial charge in [-0.2, -0.15) is 16.8 Å². The SMILES string of the molecule is NNC(=O)C(CCC(=O)O)NC(=O)c1ccc(-c2c3ccc(=[NH2+])c(S(=O)(=O)O)c-3oc3c(S(=O)(=O)O)c(N)ccc23)c(C(=O)O)c1. The molecule has 46 heavy (non-hydrogen) atoms. The molecule has 4 rings (SSSR count). The van der Waals surface area contributed by atoms with Crippen molar-refractivity contribution in [3.63, 3.8) is 0 Å². The average molecular weight is 679 g/mol. The third-order valence-corrected chi connectivity index (χ3v) is 8.61. The fourth-order valence-corrected chi connectivity index (χ4v) is 6.28. The molecule has 1 atom stereocenters. The van der Waals surface area contributed by atoms with Crippen LogP contribution >= 0.6 is 0 Å². The third kappa shape index (κ3) is 6.36. The first-order valence-corrected chi connectivity index (χ1v) is 15.5. The number of amides is 2. The van der Waals surface area contributed by atoms with Crippen LogP contribution in [0, 0.1) is 0 Å². The summed E-state index contributed by atoms with van der Waals surface area (Å²) >= 11 is 0. The highest BCUT2D eigenvalue weighted by Gasteiger charge is 2.33. The number of nitrogens with two attached hydrogens (primary N) is 3. The number of aliphatic carboxylic acids is 1. The highest BCUT2D eigenvalue weighted by molar-refractivity contribution is 7.86. The zero-order valence-electron chi connectivity index (χ0n) is 23.0. The molecule has 0 aromatic heterocycles. The van der Waals surface area contributed by atoms with Gasteiger partial charge >= 0.3 is 22.1 Å². The van der Waals surface area contributed by atoms with Crippen molar-refractivity contribution < 1.29 is 65.2 Å². The van der Waals surface area contributed by atoms with Crippen LogP contribution in [0.3, 0.4) is 0 Å². The molecule has 2 aromatic carbocycles. The zero-order chi connectivity index (χ0) is 34.3. The van der Waals surface area contributed by atoms with Crippen molar-refractivity contribution in [3.8, 4) is 22.5 Å². The summed E-state index contributed by atoms with van der Waals surface area (Å²) in [5, 5.41) is 26.5. The van der Waals surface area contributed by atoms with Gasteiger partial charge in [0.15, 0.2) is 16.2 Å². The minimum atomic E-state index is -5.17. The van der Waals surface area contributed by atoms with Crippen LogP contribution in [0.25, 0.3) is 33.4 Å². The summed E-state index contributed by atoms with van der Waals surface area (Å²) in [5.74, 6) is -0.451. The average Bonchev–Trinajstić information content (AvgIpc) is 2.95. The molecule has 0 bridgehead atoms. The Kier molecular flexibility index (Phi) is 8.86. The number of carboxylic acid groups (broad SMARTS) is 2. The molecule has 2 aromatic rings. The van der Waals surface area contributed by atoms with Gasteiger partial charge in [0.2, 0.25) is 10.3 Å². The van der Waals surface area contributed by atoms with Gasteiger partial charge in [-0.3, -0.25) is 34.3 Å². The summed E-state index contributed by atoms with van der Waals surface area (Å²) in [5.41, 5.74) is 4.75. The lowest BCUT2D eigenvalue weighted by Gasteiger charge is -2.20. The Labute approximate surface area is 257 Å². The molecule has 242 valence electrons. The largest absolute Gasteiger partial charge is 0.481 e. The van der Waals surface area contributed by atoms with E-state index in [0.29, 0.717) is 0 Å². The molecule has 12 N–H and O–H groups in total. The van der Waals surface area contributed by atoms with E-state index in [-0.39, 0.29) is 34.1 Å². The van der Waals surface area contributed by atoms with E-state index >= 15 is 0 Å². The van der Waals surface area contributed by atoms with Gasteiger partial charge in [-0.1, -0.05) is 6.07 Å². The van der Waals surface area contributed by atoms with Crippen LogP contribution in [-0.2, 0) is 29.8 Å². The van der Waals surface area contributed by atoms with E-state index in [4.69, 9.17) is 26.5 Å². The summed E-state index contributed by atoms with van der Waals surface area (Å²) in [4.78, 5) is 46.7. The second-order valence-electron chi connectivity index (χ2n) is 9.68. The Morgan fingerprint density at radius 3 is 2.11 bits per heavy atom. The van der Waals surface area contributed by atoms with Crippen molar-refractivity contribution in [2.75, 3.05) is 5.73 Å². The number of hydrazine groups is 1. The Bertz CT molecular complexity index is 2210. The molecule has 0 spiro atoms. The number of nitrogen functional groups attached to an aromatic ring is 1. The third-order valence-electron chi connectivity index (χ3n) is 6.74. The molecule has 0 radical (unpaired) electrons. The molecular formula is C26H24N5O13S2+. The predicted molar refractivity (Wildman–Crippen MR) is 155 cm³/mol. The van der Waals surface area contributed by atoms with E-state index in [9.17, 15) is 50.2 Å². The summed E-state index contributed by atoms with van der Waals surface area (Å²) in [7, 11) is -10.3. The topological polar surface area (TPSA) is 332 Å². The highest BCUT2D eigenvalue weighted by Crippen LogP contribution is 2.45. The lowest BCUT2D eigenvalue weighted by Crippen LogP contribution is -2.49. The van der Waals surface area contributed by atoms with Gasteiger partial charge in [-0.05, 0) is 42.3 Å². The van der Waals surface area contributed by atoms with E-state index in [2.05, 4.69) is 5.32 Å². The van der Waals surface area contributed by atoms with Gasteiger partial charge in [-0.25, -0.2) is 10.6 Å². The molecule has 18 nitrogen and oxygen atoms in total. The first-order valence-electron chi connectivity index (χ1n) is 12.6. The summed E-state index contributed by atoms with van der Waals surface area (Å²) in [6.45, 7) is 0. The molecule has 1 aliphatic carbocycles. The van der Waals surface area contributed by atoms with Crippen LogP contribution in [0.2, 0.25) is 0 Å². The fraction of sp³-hybridized carbons (Fsp3) is 0.115. The molecule has 1 heterocycles. The van der Waals surface area contributed by atoms with E-state index in [1.165, 1.54) is 12.1 Å². The van der Waals surface area contributed by atoms with Gasteiger partial charge in [0.25, 0.3) is 21.9 Å². The lowest BCUT2D eigenvalue weighted by molar-refractivity contribution is -0.176. The number of carboxylic acids is 2. The maximum absolute atomic E-state index is 13.0. The summed E-state index contributed by atoms with van der Waals surface area (Å²) in [6.07, 6.45) is -0.888. The van der Waals surface area contributed by atoms with Crippen LogP contribution in [0.4, 0.5) is 5.69 Å². The monoisotopic (exact) mass is 678 g/mol. The van der Waals surface area contributed by atoms with Crippen LogP contribution in [0.5, 0.6) is 0 Å². The second-order valence-corrected chi connectivity index (χ2v) is 12.4. The molecule has 0 fully saturated rings. The minimum Gasteiger partial charge on any atom is -0.481 e. The van der Waals surface area contributed by atoms with Crippen molar-refractivity contribution in [3.05, 3.63) is 58.9 Å². The van der Waals surface area contributed by atoms with Crippen molar-refractivity contribution >= 4 is 60.6 Å². The van der Waals surface area contributed by atoms with Crippen molar-refractivity contribution in [1.82, 2.24) is 10.7 Å². The number of nitrogens with one attached hydrogen (secondary N) is 2. The van der Waals surface area contributed by atoms with Crippen LogP contribution in [-0.4, -0.2) is 65.9 Å². The van der Waals surface area contributed by atoms with Crippen LogP contribution in [0.15, 0.2) is 56.7 Å². The molecule has 2 aliphatic rings. The van der Waals surface area contributed by atoms with Crippen molar-refractivity contribution in [2.45, 2.75) is 28.7 Å². The molecule has 1 aliphatic heterocycles. The Hall–Kier alpha value is -5.41. The number of rotatable bonds is 10. The number of carbonyl (C=O) groups is 4.